The second-order valence-electron chi connectivity index (χ2n) is 7.57. The van der Waals surface area contributed by atoms with Crippen molar-refractivity contribution in [3.05, 3.63) is 48.2 Å². The predicted molar refractivity (Wildman–Crippen MR) is 118 cm³/mol. The van der Waals surface area contributed by atoms with E-state index in [0.717, 1.165) is 5.56 Å². The first kappa shape index (κ1) is 23.0. The SMILES string of the molecule is Cc1ccc(Oc2ccc(NC(=O)NCCS(=O)(=O)N3C[C@@H](C)O[C@H](C)C3)cn2)cc1. The van der Waals surface area contributed by atoms with Gasteiger partial charge in [0.2, 0.25) is 15.9 Å². The lowest BCUT2D eigenvalue weighted by Crippen LogP contribution is -2.49. The highest BCUT2D eigenvalue weighted by atomic mass is 32.2. The van der Waals surface area contributed by atoms with Crippen molar-refractivity contribution in [1.82, 2.24) is 14.6 Å². The zero-order valence-electron chi connectivity index (χ0n) is 17.9. The topological polar surface area (TPSA) is 110 Å². The van der Waals surface area contributed by atoms with Gasteiger partial charge >= 0.3 is 6.03 Å². The van der Waals surface area contributed by atoms with Crippen molar-refractivity contribution in [2.45, 2.75) is 33.0 Å². The molecule has 1 aromatic carbocycles. The lowest BCUT2D eigenvalue weighted by molar-refractivity contribution is -0.0440. The number of aryl methyl sites for hydroxylation is 1. The van der Waals surface area contributed by atoms with Crippen LogP contribution in [0.5, 0.6) is 11.6 Å². The highest BCUT2D eigenvalue weighted by Crippen LogP contribution is 2.20. The zero-order chi connectivity index (χ0) is 22.4. The van der Waals surface area contributed by atoms with Gasteiger partial charge in [0.15, 0.2) is 0 Å². The minimum Gasteiger partial charge on any atom is -0.439 e. The second kappa shape index (κ2) is 10.1. The first-order valence-electron chi connectivity index (χ1n) is 10.1. The molecule has 1 fully saturated rings. The number of nitrogens with one attached hydrogen (secondary N) is 2. The number of sulfonamides is 1. The Kier molecular flexibility index (Phi) is 7.47. The maximum atomic E-state index is 12.5. The number of morpholine rings is 1. The van der Waals surface area contributed by atoms with Gasteiger partial charge in [0, 0.05) is 25.7 Å². The molecule has 2 heterocycles. The minimum absolute atomic E-state index is 0.00364. The Balaban J connectivity index is 1.44. The Morgan fingerprint density at radius 1 is 1.16 bits per heavy atom. The summed E-state index contributed by atoms with van der Waals surface area (Å²) in [5.41, 5.74) is 1.60. The number of anilines is 1. The van der Waals surface area contributed by atoms with Gasteiger partial charge in [-0.05, 0) is 39.0 Å². The average molecular weight is 449 g/mol. The smallest absolute Gasteiger partial charge is 0.319 e. The average Bonchev–Trinajstić information content (AvgIpc) is 2.70. The number of carbonyl (C=O) groups excluding carboxylic acids is 1. The Labute approximate surface area is 182 Å². The summed E-state index contributed by atoms with van der Waals surface area (Å²) < 4.78 is 37.6. The quantitative estimate of drug-likeness (QED) is 0.674. The molecule has 0 spiro atoms. The molecule has 0 saturated carbocycles. The maximum absolute atomic E-state index is 12.5. The lowest BCUT2D eigenvalue weighted by atomic mass is 10.2. The fourth-order valence-electron chi connectivity index (χ4n) is 3.20. The number of rotatable bonds is 7. The van der Waals surface area contributed by atoms with Crippen LogP contribution in [0.4, 0.5) is 10.5 Å². The van der Waals surface area contributed by atoms with Crippen molar-refractivity contribution in [3.8, 4) is 11.6 Å². The molecule has 2 aromatic rings. The van der Waals surface area contributed by atoms with Crippen molar-refractivity contribution in [1.29, 1.82) is 0 Å². The van der Waals surface area contributed by atoms with E-state index < -0.39 is 16.1 Å². The predicted octanol–water partition coefficient (Wildman–Crippen LogP) is 2.74. The molecule has 1 aromatic heterocycles. The number of benzene rings is 1. The van der Waals surface area contributed by atoms with E-state index in [9.17, 15) is 13.2 Å². The summed E-state index contributed by atoms with van der Waals surface area (Å²) in [6.07, 6.45) is 1.16. The van der Waals surface area contributed by atoms with Gasteiger partial charge in [0.05, 0.1) is 29.8 Å². The number of pyridine rings is 1. The first-order chi connectivity index (χ1) is 14.7. The number of urea groups is 1. The molecule has 31 heavy (non-hydrogen) atoms. The fourth-order valence-corrected chi connectivity index (χ4v) is 4.69. The number of aromatic nitrogens is 1. The van der Waals surface area contributed by atoms with Gasteiger partial charge in [0.25, 0.3) is 0 Å². The van der Waals surface area contributed by atoms with Crippen LogP contribution in [-0.2, 0) is 14.8 Å². The monoisotopic (exact) mass is 448 g/mol. The Morgan fingerprint density at radius 3 is 2.45 bits per heavy atom. The standard InChI is InChI=1S/C21H28N4O5S/c1-15-4-7-19(8-5-15)30-20-9-6-18(12-23-20)24-21(26)22-10-11-31(27,28)25-13-16(2)29-17(3)14-25/h4-9,12,16-17H,10-11,13-14H2,1-3H3,(H2,22,24,26)/t16-,17-/m1/s1. The van der Waals surface area contributed by atoms with Crippen molar-refractivity contribution in [2.75, 3.05) is 30.7 Å². The number of carbonyl (C=O) groups is 1. The van der Waals surface area contributed by atoms with Crippen molar-refractivity contribution < 1.29 is 22.7 Å². The maximum Gasteiger partial charge on any atom is 0.319 e. The van der Waals surface area contributed by atoms with Crippen LogP contribution in [0.25, 0.3) is 0 Å². The Hall–Kier alpha value is -2.69. The molecule has 2 atom stereocenters. The summed E-state index contributed by atoms with van der Waals surface area (Å²) in [6, 6.07) is 10.4. The van der Waals surface area contributed by atoms with E-state index in [4.69, 9.17) is 9.47 Å². The summed E-state index contributed by atoms with van der Waals surface area (Å²) >= 11 is 0. The Morgan fingerprint density at radius 2 is 1.84 bits per heavy atom. The summed E-state index contributed by atoms with van der Waals surface area (Å²) in [6.45, 7) is 6.32. The van der Waals surface area contributed by atoms with E-state index in [1.165, 1.54) is 10.5 Å². The second-order valence-corrected chi connectivity index (χ2v) is 9.66. The van der Waals surface area contributed by atoms with Crippen LogP contribution in [0.2, 0.25) is 0 Å². The van der Waals surface area contributed by atoms with E-state index in [2.05, 4.69) is 15.6 Å². The van der Waals surface area contributed by atoms with Gasteiger partial charge in [-0.1, -0.05) is 17.7 Å². The number of amides is 2. The summed E-state index contributed by atoms with van der Waals surface area (Å²) in [4.78, 5) is 16.2. The van der Waals surface area contributed by atoms with Gasteiger partial charge < -0.3 is 20.1 Å². The summed E-state index contributed by atoms with van der Waals surface area (Å²) in [5.74, 6) is 0.887. The summed E-state index contributed by atoms with van der Waals surface area (Å²) in [7, 11) is -3.47. The van der Waals surface area contributed by atoms with E-state index in [0.29, 0.717) is 30.4 Å². The van der Waals surface area contributed by atoms with Crippen molar-refractivity contribution >= 4 is 21.7 Å². The van der Waals surface area contributed by atoms with E-state index in [-0.39, 0.29) is 24.5 Å². The van der Waals surface area contributed by atoms with Gasteiger partial charge in [-0.2, -0.15) is 4.31 Å². The zero-order valence-corrected chi connectivity index (χ0v) is 18.7. The molecule has 0 unspecified atom stereocenters. The molecule has 0 bridgehead atoms. The highest BCUT2D eigenvalue weighted by molar-refractivity contribution is 7.89. The van der Waals surface area contributed by atoms with Crippen LogP contribution in [0, 0.1) is 6.92 Å². The lowest BCUT2D eigenvalue weighted by Gasteiger charge is -2.34. The van der Waals surface area contributed by atoms with Gasteiger partial charge in [-0.15, -0.1) is 0 Å². The molecule has 1 saturated heterocycles. The van der Waals surface area contributed by atoms with Crippen molar-refractivity contribution in [2.24, 2.45) is 0 Å². The first-order valence-corrected chi connectivity index (χ1v) is 11.7. The third kappa shape index (κ3) is 6.91. The van der Waals surface area contributed by atoms with Crippen LogP contribution in [0.15, 0.2) is 42.6 Å². The van der Waals surface area contributed by atoms with Gasteiger partial charge in [-0.3, -0.25) is 0 Å². The molecule has 1 aliphatic heterocycles. The van der Waals surface area contributed by atoms with Gasteiger partial charge in [-0.25, -0.2) is 18.2 Å². The molecule has 10 heteroatoms. The van der Waals surface area contributed by atoms with Crippen LogP contribution >= 0.6 is 0 Å². The molecule has 168 valence electrons. The Bertz CT molecular complexity index is 970. The number of nitrogens with zero attached hydrogens (tertiary/aromatic N) is 2. The van der Waals surface area contributed by atoms with E-state index >= 15 is 0 Å². The van der Waals surface area contributed by atoms with Crippen LogP contribution in [0.3, 0.4) is 0 Å². The summed E-state index contributed by atoms with van der Waals surface area (Å²) in [5, 5.41) is 5.19. The van der Waals surface area contributed by atoms with Crippen LogP contribution in [-0.4, -0.2) is 61.3 Å². The fraction of sp³-hybridized carbons (Fsp3) is 0.429. The molecule has 9 nitrogen and oxygen atoms in total. The van der Waals surface area contributed by atoms with Crippen LogP contribution in [0.1, 0.15) is 19.4 Å². The van der Waals surface area contributed by atoms with E-state index in [1.54, 1.807) is 12.1 Å². The number of hydrogen-bond acceptors (Lipinski definition) is 6. The molecular weight excluding hydrogens is 420 g/mol. The molecule has 2 N–H and O–H groups in total. The molecule has 0 radical (unpaired) electrons. The van der Waals surface area contributed by atoms with Gasteiger partial charge in [0.1, 0.15) is 5.75 Å². The highest BCUT2D eigenvalue weighted by Gasteiger charge is 2.30. The molecule has 3 rings (SSSR count). The van der Waals surface area contributed by atoms with E-state index in [1.807, 2.05) is 45.0 Å². The largest absolute Gasteiger partial charge is 0.439 e. The molecular formula is C21H28N4O5S. The normalized spacial score (nSPS) is 19.6. The molecule has 0 aliphatic carbocycles. The van der Waals surface area contributed by atoms with Crippen molar-refractivity contribution in [3.63, 3.8) is 0 Å². The number of ether oxygens (including phenoxy) is 2. The molecule has 2 amide bonds. The van der Waals surface area contributed by atoms with Crippen LogP contribution < -0.4 is 15.4 Å². The molecule has 1 aliphatic rings. The number of hydrogen-bond donors (Lipinski definition) is 2. The third-order valence-electron chi connectivity index (χ3n) is 4.66. The minimum atomic E-state index is -3.47. The third-order valence-corrected chi connectivity index (χ3v) is 6.47.